The molecule has 1 fully saturated rings. The molecule has 0 unspecified atom stereocenters. The Balaban J connectivity index is 1.62. The molecule has 2 heterocycles. The molecule has 89 heavy (non-hydrogen) atoms. The zero-order valence-corrected chi connectivity index (χ0v) is 52.3. The Kier molecular flexibility index (Phi) is 32.3. The largest absolute Gasteiger partial charge is 0.480 e. The number of nitrogens with zero attached hydrogens (tertiary/aromatic N) is 1. The van der Waals surface area contributed by atoms with Crippen LogP contribution < -0.4 is 76.5 Å². The number of likely N-dealkylation sites (tertiary alicyclic amines) is 1. The molecular weight excluding hydrogens is 1160 g/mol. The number of aliphatic carboxylic acids is 1. The van der Waals surface area contributed by atoms with Crippen LogP contribution in [0, 0.1) is 16.7 Å². The van der Waals surface area contributed by atoms with Crippen LogP contribution in [0.15, 0.2) is 60.8 Å². The van der Waals surface area contributed by atoms with Gasteiger partial charge in [0.25, 0.3) is 0 Å². The monoisotopic (exact) mass is 1260 g/mol. The van der Waals surface area contributed by atoms with E-state index in [1.165, 1.54) is 16.7 Å². The first-order valence-electron chi connectivity index (χ1n) is 30.7. The fourth-order valence-electron chi connectivity index (χ4n) is 10.4. The SMILES string of the molecule is CC[C@H](C)[C@H](NC(=O)[C@H](CCCNC(=N)N)NC(=O)[C@H](CCCCN)NC(=O)[C@H](CCCNC(=N)N)NC(=O)[C@H](CCCCN)NC(=O)[C@H](CCSC)NC(=O)[C@H](Cc1c[nH]c2ccccc12)NC(=O)[C@@H](N)Cc1ccccc1)C(=O)N1CCC[C@H]1C(=O)O. The molecular formula is C60H96N18O10S. The van der Waals surface area contributed by atoms with Gasteiger partial charge in [-0.05, 0) is 138 Å². The van der Waals surface area contributed by atoms with E-state index in [0.29, 0.717) is 44.3 Å². The highest BCUT2D eigenvalue weighted by Gasteiger charge is 2.41. The highest BCUT2D eigenvalue weighted by atomic mass is 32.2. The number of para-hydroxylation sites is 1. The van der Waals surface area contributed by atoms with E-state index in [9.17, 15) is 48.3 Å². The van der Waals surface area contributed by atoms with Crippen molar-refractivity contribution in [3.05, 3.63) is 71.9 Å². The normalized spacial score (nSPS) is 15.9. The minimum absolute atomic E-state index is 0.0226. The van der Waals surface area contributed by atoms with E-state index in [1.807, 2.05) is 67.8 Å². The molecule has 0 radical (unpaired) electrons. The molecule has 1 aromatic heterocycles. The van der Waals surface area contributed by atoms with Crippen molar-refractivity contribution in [2.45, 2.75) is 171 Å². The molecule has 8 amide bonds. The van der Waals surface area contributed by atoms with Crippen molar-refractivity contribution in [3.8, 4) is 0 Å². The molecule has 23 N–H and O–H groups in total. The summed E-state index contributed by atoms with van der Waals surface area (Å²) < 4.78 is 0. The number of guanidine groups is 2. The Morgan fingerprint density at radius 2 is 1.09 bits per heavy atom. The van der Waals surface area contributed by atoms with Crippen LogP contribution in [0.4, 0.5) is 0 Å². The van der Waals surface area contributed by atoms with Gasteiger partial charge in [-0.15, -0.1) is 0 Å². The first-order valence-corrected chi connectivity index (χ1v) is 32.1. The number of carboxylic acid groups (broad SMARTS) is 1. The number of carbonyl (C=O) groups is 9. The minimum atomic E-state index is -1.37. The summed E-state index contributed by atoms with van der Waals surface area (Å²) in [6.45, 7) is 4.48. The topological polar surface area (TPSA) is 479 Å². The summed E-state index contributed by atoms with van der Waals surface area (Å²) in [6, 6.07) is 5.65. The number of H-pyrrole nitrogens is 1. The number of hydrogen-bond donors (Lipinski definition) is 18. The Hall–Kier alpha value is -8.02. The second-order valence-electron chi connectivity index (χ2n) is 22.4. The zero-order chi connectivity index (χ0) is 65.4. The molecule has 0 spiro atoms. The molecule has 1 aliphatic rings. The van der Waals surface area contributed by atoms with E-state index in [2.05, 4.69) is 52.8 Å². The maximum absolute atomic E-state index is 14.7. The summed E-state index contributed by atoms with van der Waals surface area (Å²) in [4.78, 5) is 132. The number of unbranched alkanes of at least 4 members (excludes halogenated alkanes) is 2. The van der Waals surface area contributed by atoms with Gasteiger partial charge >= 0.3 is 5.97 Å². The van der Waals surface area contributed by atoms with Gasteiger partial charge in [0, 0.05) is 43.2 Å². The van der Waals surface area contributed by atoms with Crippen molar-refractivity contribution < 1.29 is 48.3 Å². The van der Waals surface area contributed by atoms with Gasteiger partial charge in [0.1, 0.15) is 48.3 Å². The fourth-order valence-corrected chi connectivity index (χ4v) is 10.8. The Bertz CT molecular complexity index is 2810. The average Bonchev–Trinajstić information content (AvgIpc) is 2.50. The minimum Gasteiger partial charge on any atom is -0.480 e. The molecule has 4 rings (SSSR count). The lowest BCUT2D eigenvalue weighted by Gasteiger charge is -2.32. The second kappa shape index (κ2) is 39.1. The number of amides is 8. The molecule has 0 bridgehead atoms. The van der Waals surface area contributed by atoms with E-state index in [4.69, 9.17) is 39.5 Å². The van der Waals surface area contributed by atoms with E-state index in [1.54, 1.807) is 13.1 Å². The highest BCUT2D eigenvalue weighted by molar-refractivity contribution is 7.98. The number of aromatic amines is 1. The number of carbonyl (C=O) groups excluding carboxylic acids is 8. The van der Waals surface area contributed by atoms with Gasteiger partial charge in [0.05, 0.1) is 6.04 Å². The van der Waals surface area contributed by atoms with Crippen LogP contribution in [0.2, 0.25) is 0 Å². The number of fused-ring (bicyclic) bond motifs is 1. The molecule has 492 valence electrons. The van der Waals surface area contributed by atoms with Crippen LogP contribution in [-0.2, 0) is 56.0 Å². The zero-order valence-electron chi connectivity index (χ0n) is 51.5. The molecule has 0 aliphatic carbocycles. The molecule has 29 heteroatoms. The summed E-state index contributed by atoms with van der Waals surface area (Å²) in [5.74, 6) is -7.60. The summed E-state index contributed by atoms with van der Waals surface area (Å²) in [7, 11) is 0. The van der Waals surface area contributed by atoms with Crippen molar-refractivity contribution in [1.82, 2.24) is 57.7 Å². The van der Waals surface area contributed by atoms with E-state index in [0.717, 1.165) is 22.0 Å². The van der Waals surface area contributed by atoms with Crippen molar-refractivity contribution in [2.75, 3.05) is 44.7 Å². The first kappa shape index (κ1) is 73.4. The predicted octanol–water partition coefficient (Wildman–Crippen LogP) is -0.667. The van der Waals surface area contributed by atoms with Gasteiger partial charge in [0.15, 0.2) is 11.9 Å². The lowest BCUT2D eigenvalue weighted by Crippen LogP contribution is -2.61. The Morgan fingerprint density at radius 3 is 1.57 bits per heavy atom. The van der Waals surface area contributed by atoms with Crippen molar-refractivity contribution in [3.63, 3.8) is 0 Å². The molecule has 10 atom stereocenters. The van der Waals surface area contributed by atoms with Gasteiger partial charge in [-0.3, -0.25) is 49.2 Å². The Morgan fingerprint density at radius 1 is 0.629 bits per heavy atom. The maximum Gasteiger partial charge on any atom is 0.326 e. The third kappa shape index (κ3) is 24.8. The van der Waals surface area contributed by atoms with Gasteiger partial charge in [-0.1, -0.05) is 68.8 Å². The molecule has 1 saturated heterocycles. The Labute approximate surface area is 524 Å². The highest BCUT2D eigenvalue weighted by Crippen LogP contribution is 2.23. The van der Waals surface area contributed by atoms with Crippen LogP contribution in [0.5, 0.6) is 0 Å². The third-order valence-electron chi connectivity index (χ3n) is 15.6. The van der Waals surface area contributed by atoms with E-state index >= 15 is 0 Å². The summed E-state index contributed by atoms with van der Waals surface area (Å²) >= 11 is 1.42. The number of hydrogen-bond acceptors (Lipinski definition) is 15. The number of nitrogens with two attached hydrogens (primary N) is 5. The van der Waals surface area contributed by atoms with Crippen LogP contribution in [-0.4, -0.2) is 179 Å². The van der Waals surface area contributed by atoms with Gasteiger partial charge in [-0.2, -0.15) is 11.8 Å². The molecule has 0 saturated carbocycles. The van der Waals surface area contributed by atoms with E-state index < -0.39 is 114 Å². The molecule has 2 aromatic carbocycles. The first-order chi connectivity index (χ1) is 42.6. The number of rotatable bonds is 41. The van der Waals surface area contributed by atoms with Crippen LogP contribution >= 0.6 is 11.8 Å². The third-order valence-corrected chi connectivity index (χ3v) is 16.2. The standard InChI is InChI=1S/C60H96N18O10S/c1-4-36(2)49(57(86)78-31-16-25-48(78)58(87)88)77-55(84)45(24-15-30-69-60(66)67)74-52(81)42(21-10-12-27-61)71-53(82)44(23-14-29-68-59(64)65)73-51(80)43(22-11-13-28-62)72-54(83)46(26-32-89-3)75-56(85)47(34-38-35-70-41-20-9-8-19-39(38)41)76-50(79)40(63)33-37-17-6-5-7-18-37/h5-9,17-20,35-36,40,42-49,70H,4,10-16,21-34,61-63H2,1-3H3,(H,71,82)(H,72,83)(H,73,80)(H,74,81)(H,75,85)(H,76,79)(H,77,84)(H,87,88)(H4,64,65,68)(H4,66,67,69)/t36-,40-,42-,43-,44-,45-,46-,47-,48-,49-/m0/s1. The van der Waals surface area contributed by atoms with E-state index in [-0.39, 0.29) is 109 Å². The van der Waals surface area contributed by atoms with Gasteiger partial charge < -0.3 is 91.5 Å². The number of benzene rings is 2. The molecule has 28 nitrogen and oxygen atoms in total. The van der Waals surface area contributed by atoms with Crippen LogP contribution in [0.1, 0.15) is 115 Å². The predicted molar refractivity (Wildman–Crippen MR) is 343 cm³/mol. The number of aromatic nitrogens is 1. The van der Waals surface area contributed by atoms with Crippen molar-refractivity contribution >= 4 is 87.8 Å². The van der Waals surface area contributed by atoms with Crippen LogP contribution in [0.25, 0.3) is 10.9 Å². The summed E-state index contributed by atoms with van der Waals surface area (Å²) in [5.41, 5.74) is 31.6. The van der Waals surface area contributed by atoms with Crippen LogP contribution in [0.3, 0.4) is 0 Å². The number of nitrogens with one attached hydrogen (secondary N) is 12. The number of carboxylic acids is 1. The second-order valence-corrected chi connectivity index (χ2v) is 23.4. The lowest BCUT2D eigenvalue weighted by molar-refractivity contribution is -0.150. The lowest BCUT2D eigenvalue weighted by atomic mass is 9.96. The average molecular weight is 1260 g/mol. The van der Waals surface area contributed by atoms with Gasteiger partial charge in [0.2, 0.25) is 47.3 Å². The molecule has 1 aliphatic heterocycles. The number of thioether (sulfide) groups is 1. The summed E-state index contributed by atoms with van der Waals surface area (Å²) in [5, 5.41) is 50.9. The molecule has 3 aromatic rings. The quantitative estimate of drug-likeness (QED) is 0.0190. The smallest absolute Gasteiger partial charge is 0.326 e. The van der Waals surface area contributed by atoms with Gasteiger partial charge in [-0.25, -0.2) is 4.79 Å². The van der Waals surface area contributed by atoms with Crippen molar-refractivity contribution in [1.29, 1.82) is 10.8 Å². The maximum atomic E-state index is 14.7. The fraction of sp³-hybridized carbons (Fsp3) is 0.583. The summed E-state index contributed by atoms with van der Waals surface area (Å²) in [6.07, 6.45) is 6.96. The van der Waals surface area contributed by atoms with Crippen molar-refractivity contribution in [2.24, 2.45) is 34.6 Å².